The molecule has 0 aromatic rings. The summed E-state index contributed by atoms with van der Waals surface area (Å²) in [5, 5.41) is 7.40. The maximum Gasteiger partial charge on any atom is 0.111 e. The first-order valence-electron chi connectivity index (χ1n) is 8.64. The van der Waals surface area contributed by atoms with E-state index in [0.29, 0.717) is 0 Å². The molecule has 0 amide bonds. The van der Waals surface area contributed by atoms with Crippen molar-refractivity contribution in [1.29, 1.82) is 5.41 Å². The van der Waals surface area contributed by atoms with E-state index in [1.807, 2.05) is 6.92 Å². The smallest absolute Gasteiger partial charge is 0.111 e. The number of amidine groups is 1. The van der Waals surface area contributed by atoms with Crippen LogP contribution in [0.1, 0.15) is 97.3 Å². The molecule has 0 aromatic heterocycles. The lowest BCUT2D eigenvalue weighted by atomic mass is 9.94. The number of rotatable bonds is 14. The molecule has 0 rings (SSSR count). The number of unbranched alkanes of at least 4 members (excludes halogenated alkanes) is 11. The Morgan fingerprint density at radius 2 is 1.15 bits per heavy atom. The monoisotopic (exact) mass is 283 g/mol. The molecule has 0 radical (unpaired) electrons. The van der Waals surface area contributed by atoms with Gasteiger partial charge in [-0.05, 0) is 13.3 Å². The normalized spacial score (nSPS) is 14.2. The molecule has 1 unspecified atom stereocenters. The van der Waals surface area contributed by atoms with E-state index in [1.54, 1.807) is 0 Å². The minimum Gasteiger partial charge on any atom is -0.386 e. The zero-order chi connectivity index (χ0) is 15.3. The standard InChI is InChI=1S/C17H37N3/c1-3-4-5-6-7-8-9-10-11-12-13-14-15-17(2,20)16(18)19/h3-15,20H2,1-2H3,(H3,18,19). The fourth-order valence-electron chi connectivity index (χ4n) is 2.47. The largest absolute Gasteiger partial charge is 0.386 e. The van der Waals surface area contributed by atoms with Gasteiger partial charge in [-0.2, -0.15) is 0 Å². The highest BCUT2D eigenvalue weighted by Crippen LogP contribution is 2.15. The fourth-order valence-corrected chi connectivity index (χ4v) is 2.47. The molecule has 20 heavy (non-hydrogen) atoms. The Kier molecular flexibility index (Phi) is 11.8. The Balaban J connectivity index is 3.19. The van der Waals surface area contributed by atoms with Crippen LogP contribution in [-0.2, 0) is 0 Å². The molecule has 0 saturated heterocycles. The van der Waals surface area contributed by atoms with Crippen LogP contribution in [0.4, 0.5) is 0 Å². The quantitative estimate of drug-likeness (QED) is 0.245. The molecule has 0 heterocycles. The summed E-state index contributed by atoms with van der Waals surface area (Å²) >= 11 is 0. The van der Waals surface area contributed by atoms with Gasteiger partial charge in [-0.25, -0.2) is 0 Å². The van der Waals surface area contributed by atoms with E-state index in [9.17, 15) is 0 Å². The topological polar surface area (TPSA) is 75.9 Å². The van der Waals surface area contributed by atoms with Crippen LogP contribution in [0.3, 0.4) is 0 Å². The van der Waals surface area contributed by atoms with Gasteiger partial charge in [0.1, 0.15) is 5.84 Å². The Bertz CT molecular complexity index is 236. The predicted molar refractivity (Wildman–Crippen MR) is 90.2 cm³/mol. The second-order valence-corrected chi connectivity index (χ2v) is 6.47. The van der Waals surface area contributed by atoms with E-state index >= 15 is 0 Å². The van der Waals surface area contributed by atoms with Gasteiger partial charge in [0.25, 0.3) is 0 Å². The van der Waals surface area contributed by atoms with E-state index in [1.165, 1.54) is 70.6 Å². The molecule has 3 heteroatoms. The Morgan fingerprint density at radius 1 is 0.800 bits per heavy atom. The predicted octanol–water partition coefficient (Wildman–Crippen LogP) is 4.73. The van der Waals surface area contributed by atoms with E-state index in [-0.39, 0.29) is 5.84 Å². The summed E-state index contributed by atoms with van der Waals surface area (Å²) < 4.78 is 0. The third kappa shape index (κ3) is 11.3. The Labute approximate surface area is 126 Å². The summed E-state index contributed by atoms with van der Waals surface area (Å²) in [5.41, 5.74) is 10.8. The summed E-state index contributed by atoms with van der Waals surface area (Å²) in [4.78, 5) is 0. The van der Waals surface area contributed by atoms with E-state index in [0.717, 1.165) is 12.8 Å². The first-order valence-corrected chi connectivity index (χ1v) is 8.64. The number of nitrogens with one attached hydrogen (secondary N) is 1. The molecule has 0 bridgehead atoms. The molecule has 0 spiro atoms. The summed E-state index contributed by atoms with van der Waals surface area (Å²) in [7, 11) is 0. The maximum absolute atomic E-state index is 7.40. The van der Waals surface area contributed by atoms with Crippen LogP contribution in [0.15, 0.2) is 0 Å². The van der Waals surface area contributed by atoms with Crippen LogP contribution in [0.5, 0.6) is 0 Å². The molecule has 3 nitrogen and oxygen atoms in total. The molecule has 0 fully saturated rings. The van der Waals surface area contributed by atoms with Crippen LogP contribution in [0, 0.1) is 5.41 Å². The summed E-state index contributed by atoms with van der Waals surface area (Å²) in [5.74, 6) is 0.112. The Hall–Kier alpha value is -0.570. The molecule has 0 saturated carbocycles. The van der Waals surface area contributed by atoms with Crippen molar-refractivity contribution in [3.8, 4) is 0 Å². The lowest BCUT2D eigenvalue weighted by Gasteiger charge is -2.22. The van der Waals surface area contributed by atoms with Gasteiger partial charge in [-0.3, -0.25) is 5.41 Å². The van der Waals surface area contributed by atoms with Crippen molar-refractivity contribution in [3.63, 3.8) is 0 Å². The summed E-state index contributed by atoms with van der Waals surface area (Å²) in [6.07, 6.45) is 17.0. The van der Waals surface area contributed by atoms with Gasteiger partial charge in [0, 0.05) is 0 Å². The zero-order valence-electron chi connectivity index (χ0n) is 13.8. The van der Waals surface area contributed by atoms with Crippen LogP contribution in [0.25, 0.3) is 0 Å². The SMILES string of the molecule is CCCCCCCCCCCCCCC(C)(N)C(=N)N. The second-order valence-electron chi connectivity index (χ2n) is 6.47. The van der Waals surface area contributed by atoms with Crippen molar-refractivity contribution in [2.45, 2.75) is 103 Å². The molecule has 120 valence electrons. The maximum atomic E-state index is 7.40. The molecule has 0 aliphatic rings. The lowest BCUT2D eigenvalue weighted by Crippen LogP contribution is -2.48. The highest BCUT2D eigenvalue weighted by Gasteiger charge is 2.20. The van der Waals surface area contributed by atoms with Crippen molar-refractivity contribution in [1.82, 2.24) is 0 Å². The Morgan fingerprint density at radius 3 is 1.50 bits per heavy atom. The first-order chi connectivity index (χ1) is 9.50. The summed E-state index contributed by atoms with van der Waals surface area (Å²) in [6.45, 7) is 4.12. The van der Waals surface area contributed by atoms with Gasteiger partial charge in [-0.1, -0.05) is 84.0 Å². The molecule has 5 N–H and O–H groups in total. The van der Waals surface area contributed by atoms with Gasteiger partial charge in [0.15, 0.2) is 0 Å². The third-order valence-electron chi connectivity index (χ3n) is 4.16. The van der Waals surface area contributed by atoms with Crippen LogP contribution >= 0.6 is 0 Å². The van der Waals surface area contributed by atoms with Crippen molar-refractivity contribution in [3.05, 3.63) is 0 Å². The highest BCUT2D eigenvalue weighted by molar-refractivity contribution is 5.86. The van der Waals surface area contributed by atoms with Crippen LogP contribution in [0.2, 0.25) is 0 Å². The van der Waals surface area contributed by atoms with Gasteiger partial charge < -0.3 is 11.5 Å². The average Bonchev–Trinajstić information content (AvgIpc) is 2.39. The molecular formula is C17H37N3. The minimum absolute atomic E-state index is 0.112. The molecular weight excluding hydrogens is 246 g/mol. The number of nitrogens with two attached hydrogens (primary N) is 2. The molecule has 0 aliphatic carbocycles. The highest BCUT2D eigenvalue weighted by atomic mass is 14.9. The molecule has 0 aromatic carbocycles. The van der Waals surface area contributed by atoms with E-state index < -0.39 is 5.54 Å². The molecule has 1 atom stereocenters. The van der Waals surface area contributed by atoms with Gasteiger partial charge >= 0.3 is 0 Å². The van der Waals surface area contributed by atoms with Gasteiger partial charge in [-0.15, -0.1) is 0 Å². The summed E-state index contributed by atoms with van der Waals surface area (Å²) in [6, 6.07) is 0. The number of hydrogen-bond donors (Lipinski definition) is 3. The molecule has 0 aliphatic heterocycles. The van der Waals surface area contributed by atoms with Crippen LogP contribution < -0.4 is 11.5 Å². The minimum atomic E-state index is -0.599. The van der Waals surface area contributed by atoms with Crippen LogP contribution in [-0.4, -0.2) is 11.4 Å². The lowest BCUT2D eigenvalue weighted by molar-refractivity contribution is 0.494. The first kappa shape index (κ1) is 19.4. The van der Waals surface area contributed by atoms with Crippen molar-refractivity contribution in [2.75, 3.05) is 0 Å². The van der Waals surface area contributed by atoms with Crippen molar-refractivity contribution >= 4 is 5.84 Å². The zero-order valence-corrected chi connectivity index (χ0v) is 13.8. The van der Waals surface area contributed by atoms with Gasteiger partial charge in [0.2, 0.25) is 0 Å². The fraction of sp³-hybridized carbons (Fsp3) is 0.941. The van der Waals surface area contributed by atoms with E-state index in [2.05, 4.69) is 6.92 Å². The number of hydrogen-bond acceptors (Lipinski definition) is 2. The van der Waals surface area contributed by atoms with E-state index in [4.69, 9.17) is 16.9 Å². The second kappa shape index (κ2) is 12.2. The van der Waals surface area contributed by atoms with Gasteiger partial charge in [0.05, 0.1) is 5.54 Å². The average molecular weight is 284 g/mol. The van der Waals surface area contributed by atoms with Crippen molar-refractivity contribution < 1.29 is 0 Å². The third-order valence-corrected chi connectivity index (χ3v) is 4.16. The van der Waals surface area contributed by atoms with Crippen molar-refractivity contribution in [2.24, 2.45) is 11.5 Å².